The third-order valence-corrected chi connectivity index (χ3v) is 3.59. The van der Waals surface area contributed by atoms with E-state index in [-0.39, 0.29) is 11.9 Å². The molecular formula is C16H17ClFN. The summed E-state index contributed by atoms with van der Waals surface area (Å²) in [5, 5.41) is 3.92. The lowest BCUT2D eigenvalue weighted by molar-refractivity contribution is 0.554. The van der Waals surface area contributed by atoms with Crippen molar-refractivity contribution < 1.29 is 4.39 Å². The van der Waals surface area contributed by atoms with Crippen LogP contribution in [0.5, 0.6) is 0 Å². The number of halogens is 2. The Balaban J connectivity index is 2.28. The molecule has 0 bridgehead atoms. The molecular weight excluding hydrogens is 261 g/mol. The van der Waals surface area contributed by atoms with E-state index < -0.39 is 0 Å². The van der Waals surface area contributed by atoms with Crippen molar-refractivity contribution in [3.63, 3.8) is 0 Å². The van der Waals surface area contributed by atoms with Crippen LogP contribution in [0.25, 0.3) is 0 Å². The molecule has 0 aliphatic carbocycles. The third kappa shape index (κ3) is 3.34. The highest BCUT2D eigenvalue weighted by molar-refractivity contribution is 6.31. The molecule has 0 saturated carbocycles. The molecule has 1 atom stereocenters. The highest BCUT2D eigenvalue weighted by atomic mass is 35.5. The number of hydrogen-bond donors (Lipinski definition) is 1. The monoisotopic (exact) mass is 277 g/mol. The second-order valence-corrected chi connectivity index (χ2v) is 5.07. The van der Waals surface area contributed by atoms with E-state index in [0.29, 0.717) is 12.0 Å². The number of benzene rings is 2. The van der Waals surface area contributed by atoms with Crippen molar-refractivity contribution in [1.82, 2.24) is 5.32 Å². The van der Waals surface area contributed by atoms with Gasteiger partial charge in [-0.1, -0.05) is 41.9 Å². The van der Waals surface area contributed by atoms with Crippen molar-refractivity contribution in [2.45, 2.75) is 19.4 Å². The summed E-state index contributed by atoms with van der Waals surface area (Å²) in [7, 11) is 1.86. The van der Waals surface area contributed by atoms with Crippen LogP contribution in [-0.4, -0.2) is 7.05 Å². The standard InChI is InChI=1S/C16H17ClFN/c1-11-7-8-13(14(17)9-11)16(19-2)10-12-5-3-4-6-15(12)18/h3-9,16,19H,10H2,1-2H3. The van der Waals surface area contributed by atoms with Gasteiger partial charge in [0.2, 0.25) is 0 Å². The Morgan fingerprint density at radius 3 is 2.58 bits per heavy atom. The van der Waals surface area contributed by atoms with Crippen molar-refractivity contribution in [2.75, 3.05) is 7.05 Å². The van der Waals surface area contributed by atoms with Gasteiger partial charge in [0.15, 0.2) is 0 Å². The molecule has 1 nitrogen and oxygen atoms in total. The van der Waals surface area contributed by atoms with E-state index in [1.165, 1.54) is 6.07 Å². The first-order chi connectivity index (χ1) is 9.11. The van der Waals surface area contributed by atoms with Crippen molar-refractivity contribution in [1.29, 1.82) is 0 Å². The maximum Gasteiger partial charge on any atom is 0.126 e. The second-order valence-electron chi connectivity index (χ2n) is 4.66. The molecule has 1 N–H and O–H groups in total. The smallest absolute Gasteiger partial charge is 0.126 e. The zero-order valence-electron chi connectivity index (χ0n) is 11.1. The summed E-state index contributed by atoms with van der Waals surface area (Å²) < 4.78 is 13.7. The maximum absolute atomic E-state index is 13.7. The molecule has 0 fully saturated rings. The molecule has 0 radical (unpaired) electrons. The van der Waals surface area contributed by atoms with Crippen LogP contribution in [0.4, 0.5) is 4.39 Å². The Labute approximate surface area is 118 Å². The Morgan fingerprint density at radius 1 is 1.21 bits per heavy atom. The fraction of sp³-hybridized carbons (Fsp3) is 0.250. The van der Waals surface area contributed by atoms with E-state index in [1.54, 1.807) is 6.07 Å². The zero-order valence-corrected chi connectivity index (χ0v) is 11.8. The maximum atomic E-state index is 13.7. The quantitative estimate of drug-likeness (QED) is 0.879. The SMILES string of the molecule is CNC(Cc1ccccc1F)c1ccc(C)cc1Cl. The highest BCUT2D eigenvalue weighted by Crippen LogP contribution is 2.27. The van der Waals surface area contributed by atoms with Crippen LogP contribution in [-0.2, 0) is 6.42 Å². The van der Waals surface area contributed by atoms with Gasteiger partial charge >= 0.3 is 0 Å². The molecule has 3 heteroatoms. The summed E-state index contributed by atoms with van der Waals surface area (Å²) in [6.07, 6.45) is 0.575. The minimum atomic E-state index is -0.175. The minimum Gasteiger partial charge on any atom is -0.313 e. The highest BCUT2D eigenvalue weighted by Gasteiger charge is 2.15. The first kappa shape index (κ1) is 14.0. The summed E-state index contributed by atoms with van der Waals surface area (Å²) in [5.41, 5.74) is 2.81. The molecule has 100 valence electrons. The van der Waals surface area contributed by atoms with Gasteiger partial charge in [-0.2, -0.15) is 0 Å². The fourth-order valence-electron chi connectivity index (χ4n) is 2.17. The summed E-state index contributed by atoms with van der Waals surface area (Å²) in [5.74, 6) is -0.175. The minimum absolute atomic E-state index is 0.00463. The summed E-state index contributed by atoms with van der Waals surface area (Å²) in [4.78, 5) is 0. The summed E-state index contributed by atoms with van der Waals surface area (Å²) >= 11 is 6.28. The summed E-state index contributed by atoms with van der Waals surface area (Å²) in [6.45, 7) is 2.00. The Bertz CT molecular complexity index is 568. The largest absolute Gasteiger partial charge is 0.313 e. The Kier molecular flexibility index (Phi) is 4.56. The molecule has 0 aromatic heterocycles. The molecule has 0 aliphatic heterocycles. The van der Waals surface area contributed by atoms with Gasteiger partial charge in [-0.05, 0) is 49.2 Å². The molecule has 2 aromatic carbocycles. The van der Waals surface area contributed by atoms with Crippen LogP contribution in [0.2, 0.25) is 5.02 Å². The van der Waals surface area contributed by atoms with Crippen LogP contribution in [0, 0.1) is 12.7 Å². The number of hydrogen-bond acceptors (Lipinski definition) is 1. The van der Waals surface area contributed by atoms with Gasteiger partial charge in [-0.3, -0.25) is 0 Å². The molecule has 0 saturated heterocycles. The van der Waals surface area contributed by atoms with Crippen LogP contribution >= 0.6 is 11.6 Å². The van der Waals surface area contributed by atoms with Gasteiger partial charge in [0.1, 0.15) is 5.82 Å². The van der Waals surface area contributed by atoms with Crippen molar-refractivity contribution in [2.24, 2.45) is 0 Å². The average molecular weight is 278 g/mol. The molecule has 0 heterocycles. The van der Waals surface area contributed by atoms with E-state index >= 15 is 0 Å². The van der Waals surface area contributed by atoms with Crippen molar-refractivity contribution in [3.8, 4) is 0 Å². The van der Waals surface area contributed by atoms with E-state index in [1.807, 2.05) is 44.3 Å². The Hall–Kier alpha value is -1.38. The van der Waals surface area contributed by atoms with Gasteiger partial charge in [0.25, 0.3) is 0 Å². The van der Waals surface area contributed by atoms with E-state index in [2.05, 4.69) is 5.32 Å². The van der Waals surface area contributed by atoms with Gasteiger partial charge < -0.3 is 5.32 Å². The average Bonchev–Trinajstić information content (AvgIpc) is 2.39. The van der Waals surface area contributed by atoms with Crippen molar-refractivity contribution >= 4 is 11.6 Å². The topological polar surface area (TPSA) is 12.0 Å². The lowest BCUT2D eigenvalue weighted by atomic mass is 9.98. The number of rotatable bonds is 4. The molecule has 0 aliphatic rings. The predicted molar refractivity (Wildman–Crippen MR) is 78.1 cm³/mol. The van der Waals surface area contributed by atoms with Gasteiger partial charge in [0.05, 0.1) is 0 Å². The van der Waals surface area contributed by atoms with Crippen LogP contribution in [0.3, 0.4) is 0 Å². The molecule has 19 heavy (non-hydrogen) atoms. The molecule has 0 spiro atoms. The normalized spacial score (nSPS) is 12.4. The third-order valence-electron chi connectivity index (χ3n) is 3.26. The van der Waals surface area contributed by atoms with Gasteiger partial charge in [0, 0.05) is 11.1 Å². The van der Waals surface area contributed by atoms with E-state index in [4.69, 9.17) is 11.6 Å². The van der Waals surface area contributed by atoms with E-state index in [0.717, 1.165) is 16.1 Å². The molecule has 0 amide bonds. The lowest BCUT2D eigenvalue weighted by Gasteiger charge is -2.19. The Morgan fingerprint density at radius 2 is 1.95 bits per heavy atom. The number of nitrogens with one attached hydrogen (secondary N) is 1. The van der Waals surface area contributed by atoms with Crippen LogP contribution < -0.4 is 5.32 Å². The lowest BCUT2D eigenvalue weighted by Crippen LogP contribution is -2.19. The van der Waals surface area contributed by atoms with Crippen LogP contribution in [0.1, 0.15) is 22.7 Å². The number of likely N-dealkylation sites (N-methyl/N-ethyl adjacent to an activating group) is 1. The first-order valence-corrected chi connectivity index (χ1v) is 6.66. The van der Waals surface area contributed by atoms with Crippen molar-refractivity contribution in [3.05, 3.63) is 70.0 Å². The molecule has 1 unspecified atom stereocenters. The van der Waals surface area contributed by atoms with Gasteiger partial charge in [-0.15, -0.1) is 0 Å². The number of aryl methyl sites for hydroxylation is 1. The molecule has 2 rings (SSSR count). The van der Waals surface area contributed by atoms with E-state index in [9.17, 15) is 4.39 Å². The fourth-order valence-corrected chi connectivity index (χ4v) is 2.53. The first-order valence-electron chi connectivity index (χ1n) is 6.28. The second kappa shape index (κ2) is 6.18. The van der Waals surface area contributed by atoms with Crippen LogP contribution in [0.15, 0.2) is 42.5 Å². The van der Waals surface area contributed by atoms with Gasteiger partial charge in [-0.25, -0.2) is 4.39 Å². The molecule has 2 aromatic rings. The summed E-state index contributed by atoms with van der Waals surface area (Å²) in [6, 6.07) is 12.8. The zero-order chi connectivity index (χ0) is 13.8. The predicted octanol–water partition coefficient (Wildman–Crippen LogP) is 4.29.